The molecule has 0 saturated carbocycles. The summed E-state index contributed by atoms with van der Waals surface area (Å²) in [5, 5.41) is 0. The number of aromatic nitrogens is 1. The molecule has 6 nitrogen and oxygen atoms in total. The Kier molecular flexibility index (Phi) is 8.36. The number of ether oxygens (including phenoxy) is 3. The van der Waals surface area contributed by atoms with Crippen molar-refractivity contribution in [2.45, 2.75) is 50.5 Å². The van der Waals surface area contributed by atoms with Crippen LogP contribution in [0.15, 0.2) is 18.2 Å². The van der Waals surface area contributed by atoms with Crippen LogP contribution < -0.4 is 4.94 Å². The van der Waals surface area contributed by atoms with Crippen LogP contribution in [0.3, 0.4) is 0 Å². The lowest BCUT2D eigenvalue weighted by Crippen LogP contribution is -2.44. The maximum absolute atomic E-state index is 11.9. The molecule has 1 aromatic heterocycles. The van der Waals surface area contributed by atoms with Gasteiger partial charge in [0.05, 0.1) is 21.9 Å². The molecule has 27 heavy (non-hydrogen) atoms. The minimum atomic E-state index is -4.57. The molecule has 0 amide bonds. The highest BCUT2D eigenvalue weighted by Crippen LogP contribution is 2.35. The summed E-state index contributed by atoms with van der Waals surface area (Å²) in [7, 11) is 1.32. The van der Waals surface area contributed by atoms with E-state index in [0.717, 1.165) is 31.2 Å². The molecule has 1 aromatic rings. The van der Waals surface area contributed by atoms with Crippen molar-refractivity contribution in [2.24, 2.45) is 0 Å². The summed E-state index contributed by atoms with van der Waals surface area (Å²) in [5.74, 6) is -1.19. The van der Waals surface area contributed by atoms with Crippen LogP contribution in [0.2, 0.25) is 0 Å². The Hall–Kier alpha value is -0.410. The Morgan fingerprint density at radius 1 is 1.33 bits per heavy atom. The van der Waals surface area contributed by atoms with Crippen LogP contribution in [-0.4, -0.2) is 42.3 Å². The van der Waals surface area contributed by atoms with E-state index in [0.29, 0.717) is 6.61 Å². The van der Waals surface area contributed by atoms with E-state index in [2.05, 4.69) is 31.1 Å². The van der Waals surface area contributed by atoms with Gasteiger partial charge < -0.3 is 18.4 Å². The summed E-state index contributed by atoms with van der Waals surface area (Å²) in [6.07, 6.45) is -3.51. The standard InChI is InChI=1S/C9H15IO4S.C6H3F4NO/c1-9(2)13-6-3-4-11-7(5-12-15-10)8(6)14-9;7-6(8,9)4-2-1-3-5(11-4)12-10/h6-8H,3-5H2,1-2H3;1-3H. The summed E-state index contributed by atoms with van der Waals surface area (Å²) in [6, 6.07) is 2.71. The second-order valence-corrected chi connectivity index (χ2v) is 7.56. The van der Waals surface area contributed by atoms with E-state index < -0.39 is 23.5 Å². The molecule has 154 valence electrons. The third kappa shape index (κ3) is 6.85. The average molecular weight is 527 g/mol. The number of halogens is 5. The molecule has 0 aromatic carbocycles. The zero-order chi connectivity index (χ0) is 20.1. The quantitative estimate of drug-likeness (QED) is 0.321. The van der Waals surface area contributed by atoms with Gasteiger partial charge in [-0.3, -0.25) is 4.94 Å². The summed E-state index contributed by atoms with van der Waals surface area (Å²) in [5.41, 5.74) is -1.18. The summed E-state index contributed by atoms with van der Waals surface area (Å²) < 4.78 is 69.5. The van der Waals surface area contributed by atoms with Crippen LogP contribution in [0, 0.1) is 0 Å². The highest BCUT2D eigenvalue weighted by Gasteiger charge is 2.47. The van der Waals surface area contributed by atoms with Gasteiger partial charge in [0.15, 0.2) is 5.79 Å². The van der Waals surface area contributed by atoms with Crippen molar-refractivity contribution in [3.63, 3.8) is 0 Å². The van der Waals surface area contributed by atoms with Crippen LogP contribution in [0.5, 0.6) is 5.88 Å². The lowest BCUT2D eigenvalue weighted by molar-refractivity contribution is -0.156. The van der Waals surface area contributed by atoms with Gasteiger partial charge in [-0.25, -0.2) is 4.98 Å². The summed E-state index contributed by atoms with van der Waals surface area (Å²) in [4.78, 5) is 5.88. The maximum atomic E-state index is 11.9. The molecular weight excluding hydrogens is 509 g/mol. The SMILES string of the molecule is CC1(C)OC2CCOC(COSI)C2O1.FOc1cccc(C(F)(F)F)n1. The van der Waals surface area contributed by atoms with Crippen molar-refractivity contribution in [3.05, 3.63) is 23.9 Å². The van der Waals surface area contributed by atoms with Crippen LogP contribution in [-0.2, 0) is 24.6 Å². The smallest absolute Gasteiger partial charge is 0.373 e. The fraction of sp³-hybridized carbons (Fsp3) is 0.667. The van der Waals surface area contributed by atoms with E-state index in [-0.39, 0.29) is 18.3 Å². The Morgan fingerprint density at radius 2 is 2.07 bits per heavy atom. The fourth-order valence-corrected chi connectivity index (χ4v) is 3.31. The molecule has 2 saturated heterocycles. The summed E-state index contributed by atoms with van der Waals surface area (Å²) in [6.45, 7) is 5.15. The molecule has 0 spiro atoms. The van der Waals surface area contributed by atoms with E-state index in [1.165, 1.54) is 9.21 Å². The van der Waals surface area contributed by atoms with E-state index in [9.17, 15) is 17.7 Å². The first-order chi connectivity index (χ1) is 12.7. The molecule has 3 atom stereocenters. The third-order valence-corrected chi connectivity index (χ3v) is 4.68. The van der Waals surface area contributed by atoms with Crippen LogP contribution in [0.4, 0.5) is 17.7 Å². The van der Waals surface area contributed by atoms with Crippen molar-refractivity contribution in [2.75, 3.05) is 13.2 Å². The van der Waals surface area contributed by atoms with Crippen LogP contribution >= 0.6 is 30.4 Å². The first-order valence-electron chi connectivity index (χ1n) is 7.86. The molecule has 12 heteroatoms. The molecule has 0 radical (unpaired) electrons. The van der Waals surface area contributed by atoms with E-state index in [4.69, 9.17) is 18.4 Å². The van der Waals surface area contributed by atoms with Crippen molar-refractivity contribution in [3.8, 4) is 5.88 Å². The molecule has 3 heterocycles. The molecule has 3 rings (SSSR count). The summed E-state index contributed by atoms with van der Waals surface area (Å²) >= 11 is 2.10. The molecular formula is C15H18F4INO5S. The fourth-order valence-electron chi connectivity index (χ4n) is 2.68. The largest absolute Gasteiger partial charge is 0.433 e. The molecule has 0 N–H and O–H groups in total. The van der Waals surface area contributed by atoms with Gasteiger partial charge in [-0.05, 0) is 26.3 Å². The Bertz CT molecular complexity index is 610. The second-order valence-electron chi connectivity index (χ2n) is 6.12. The van der Waals surface area contributed by atoms with Gasteiger partial charge in [0, 0.05) is 38.4 Å². The number of alkyl halides is 3. The predicted molar refractivity (Wildman–Crippen MR) is 96.7 cm³/mol. The number of rotatable bonds is 4. The molecule has 2 aliphatic rings. The predicted octanol–water partition coefficient (Wildman–Crippen LogP) is 4.67. The van der Waals surface area contributed by atoms with E-state index in [1.54, 1.807) is 0 Å². The molecule has 0 bridgehead atoms. The van der Waals surface area contributed by atoms with Crippen LogP contribution in [0.25, 0.3) is 0 Å². The Morgan fingerprint density at radius 3 is 2.70 bits per heavy atom. The first-order valence-corrected chi connectivity index (χ1v) is 11.1. The zero-order valence-electron chi connectivity index (χ0n) is 14.4. The van der Waals surface area contributed by atoms with Gasteiger partial charge >= 0.3 is 6.18 Å². The van der Waals surface area contributed by atoms with Gasteiger partial charge in [0.25, 0.3) is 5.88 Å². The number of hydrogen-bond acceptors (Lipinski definition) is 7. The maximum Gasteiger partial charge on any atom is 0.433 e. The molecule has 0 aliphatic carbocycles. The average Bonchev–Trinajstić information content (AvgIpc) is 2.94. The normalized spacial score (nSPS) is 26.7. The first kappa shape index (κ1) is 22.9. The minimum Gasteiger partial charge on any atom is -0.373 e. The van der Waals surface area contributed by atoms with E-state index in [1.807, 2.05) is 13.8 Å². The minimum absolute atomic E-state index is 0.00668. The highest BCUT2D eigenvalue weighted by molar-refractivity contribution is 14.2. The van der Waals surface area contributed by atoms with Crippen molar-refractivity contribution in [1.82, 2.24) is 4.98 Å². The van der Waals surface area contributed by atoms with Crippen molar-refractivity contribution < 1.29 is 41.0 Å². The monoisotopic (exact) mass is 527 g/mol. The Balaban J connectivity index is 0.000000199. The van der Waals surface area contributed by atoms with Gasteiger partial charge in [0.2, 0.25) is 0 Å². The van der Waals surface area contributed by atoms with Crippen molar-refractivity contribution in [1.29, 1.82) is 0 Å². The van der Waals surface area contributed by atoms with Gasteiger partial charge in [-0.1, -0.05) is 6.07 Å². The number of nitrogens with zero attached hydrogens (tertiary/aromatic N) is 1. The lowest BCUT2D eigenvalue weighted by Gasteiger charge is -2.30. The van der Waals surface area contributed by atoms with Gasteiger partial charge in [-0.2, -0.15) is 13.2 Å². The molecule has 2 fully saturated rings. The van der Waals surface area contributed by atoms with E-state index >= 15 is 0 Å². The second kappa shape index (κ2) is 9.87. The number of fused-ring (bicyclic) bond motifs is 1. The van der Waals surface area contributed by atoms with Crippen molar-refractivity contribution >= 4 is 30.4 Å². The highest BCUT2D eigenvalue weighted by atomic mass is 127. The van der Waals surface area contributed by atoms with Gasteiger partial charge in [-0.15, -0.1) is 0 Å². The molecule has 3 unspecified atom stereocenters. The lowest BCUT2D eigenvalue weighted by atomic mass is 10.0. The van der Waals surface area contributed by atoms with Gasteiger partial charge in [0.1, 0.15) is 17.9 Å². The molecule has 2 aliphatic heterocycles. The Labute approximate surface area is 169 Å². The topological polar surface area (TPSA) is 59.0 Å². The third-order valence-electron chi connectivity index (χ3n) is 3.69. The zero-order valence-corrected chi connectivity index (χ0v) is 17.3. The number of pyridine rings is 1. The number of hydrogen-bond donors (Lipinski definition) is 0. The van der Waals surface area contributed by atoms with Crippen LogP contribution in [0.1, 0.15) is 26.0 Å².